The van der Waals surface area contributed by atoms with Crippen molar-refractivity contribution in [3.8, 4) is 0 Å². The highest BCUT2D eigenvalue weighted by Crippen LogP contribution is 2.16. The van der Waals surface area contributed by atoms with Gasteiger partial charge in [-0.2, -0.15) is 5.10 Å². The van der Waals surface area contributed by atoms with E-state index in [-0.39, 0.29) is 0 Å². The topological polar surface area (TPSA) is 51.8 Å². The third-order valence-electron chi connectivity index (χ3n) is 1.08. The first-order chi connectivity index (χ1) is 4.22. The second kappa shape index (κ2) is 2.31. The first kappa shape index (κ1) is 6.48. The van der Waals surface area contributed by atoms with Crippen molar-refractivity contribution in [2.75, 3.05) is 5.73 Å². The minimum absolute atomic E-state index is 0.476. The average molecular weight is 188 g/mol. The number of nitrogen functional groups attached to an aromatic ring is 1. The quantitative estimate of drug-likeness (QED) is 0.663. The normalized spacial score (nSPS) is 9.56. The van der Waals surface area contributed by atoms with E-state index in [2.05, 4.69) is 26.1 Å². The summed E-state index contributed by atoms with van der Waals surface area (Å²) >= 11 is 3.26. The van der Waals surface area contributed by atoms with Crippen molar-refractivity contribution in [1.82, 2.24) is 10.2 Å². The Kier molecular flexibility index (Phi) is 1.66. The number of nitrogens with zero attached hydrogens (tertiary/aromatic N) is 2. The lowest BCUT2D eigenvalue weighted by molar-refractivity contribution is 1.02. The molecule has 1 heterocycles. The Morgan fingerprint density at radius 3 is 2.78 bits per heavy atom. The lowest BCUT2D eigenvalue weighted by Gasteiger charge is -1.96. The Hall–Kier alpha value is -0.640. The van der Waals surface area contributed by atoms with Crippen LogP contribution in [0.2, 0.25) is 0 Å². The van der Waals surface area contributed by atoms with E-state index in [1.54, 1.807) is 6.20 Å². The Labute approximate surface area is 61.4 Å². The molecule has 0 bridgehead atoms. The number of halogens is 1. The summed E-state index contributed by atoms with van der Waals surface area (Å²) in [6.45, 7) is 1.88. The summed E-state index contributed by atoms with van der Waals surface area (Å²) in [5.41, 5.74) is 6.35. The molecule has 48 valence electrons. The molecule has 0 atom stereocenters. The predicted molar refractivity (Wildman–Crippen MR) is 38.9 cm³/mol. The van der Waals surface area contributed by atoms with E-state index >= 15 is 0 Å². The summed E-state index contributed by atoms with van der Waals surface area (Å²) in [5.74, 6) is 0.476. The molecule has 0 radical (unpaired) electrons. The summed E-state index contributed by atoms with van der Waals surface area (Å²) in [7, 11) is 0. The maximum atomic E-state index is 5.42. The van der Waals surface area contributed by atoms with Crippen LogP contribution in [0.5, 0.6) is 0 Å². The summed E-state index contributed by atoms with van der Waals surface area (Å²) < 4.78 is 0.898. The summed E-state index contributed by atoms with van der Waals surface area (Å²) in [4.78, 5) is 0. The number of hydrogen-bond acceptors (Lipinski definition) is 3. The highest BCUT2D eigenvalue weighted by molar-refractivity contribution is 9.10. The first-order valence-electron chi connectivity index (χ1n) is 2.45. The van der Waals surface area contributed by atoms with Crippen LogP contribution in [0.4, 0.5) is 5.82 Å². The highest BCUT2D eigenvalue weighted by Gasteiger charge is 1.97. The van der Waals surface area contributed by atoms with Gasteiger partial charge in [-0.1, -0.05) is 0 Å². The lowest BCUT2D eigenvalue weighted by atomic mass is 10.3. The van der Waals surface area contributed by atoms with Gasteiger partial charge in [0.05, 0.1) is 6.20 Å². The molecular weight excluding hydrogens is 182 g/mol. The van der Waals surface area contributed by atoms with Gasteiger partial charge in [0.1, 0.15) is 5.82 Å². The molecule has 0 amide bonds. The fourth-order valence-corrected chi connectivity index (χ4v) is 0.731. The van der Waals surface area contributed by atoms with Gasteiger partial charge in [0.15, 0.2) is 0 Å². The fourth-order valence-electron chi connectivity index (χ4n) is 0.436. The zero-order valence-electron chi connectivity index (χ0n) is 4.93. The monoisotopic (exact) mass is 187 g/mol. The molecule has 0 saturated heterocycles. The van der Waals surface area contributed by atoms with Gasteiger partial charge in [-0.25, -0.2) is 0 Å². The minimum atomic E-state index is 0.476. The third-order valence-corrected chi connectivity index (χ3v) is 1.88. The molecule has 9 heavy (non-hydrogen) atoms. The second-order valence-electron chi connectivity index (χ2n) is 1.70. The molecule has 1 aromatic rings. The van der Waals surface area contributed by atoms with Crippen LogP contribution in [0.3, 0.4) is 0 Å². The largest absolute Gasteiger partial charge is 0.382 e. The molecule has 0 saturated carbocycles. The molecular formula is C5H6BrN3. The lowest BCUT2D eigenvalue weighted by Crippen LogP contribution is -1.95. The molecule has 1 aromatic heterocycles. The summed E-state index contributed by atoms with van der Waals surface area (Å²) in [6, 6.07) is 0. The first-order valence-corrected chi connectivity index (χ1v) is 3.24. The van der Waals surface area contributed by atoms with Crippen LogP contribution < -0.4 is 5.73 Å². The van der Waals surface area contributed by atoms with Gasteiger partial charge < -0.3 is 5.73 Å². The van der Waals surface area contributed by atoms with Crippen LogP contribution in [0.25, 0.3) is 0 Å². The van der Waals surface area contributed by atoms with Crippen molar-refractivity contribution in [2.24, 2.45) is 0 Å². The number of nitrogens with two attached hydrogens (primary N) is 1. The summed E-state index contributed by atoms with van der Waals surface area (Å²) in [6.07, 6.45) is 1.62. The predicted octanol–water partition coefficient (Wildman–Crippen LogP) is 1.13. The molecule has 0 spiro atoms. The molecule has 0 aliphatic carbocycles. The van der Waals surface area contributed by atoms with Crippen molar-refractivity contribution < 1.29 is 0 Å². The molecule has 0 fully saturated rings. The smallest absolute Gasteiger partial charge is 0.150 e. The SMILES string of the molecule is Cc1c(Br)cnnc1N. The van der Waals surface area contributed by atoms with Gasteiger partial charge in [0.25, 0.3) is 0 Å². The van der Waals surface area contributed by atoms with Gasteiger partial charge >= 0.3 is 0 Å². The zero-order chi connectivity index (χ0) is 6.85. The average Bonchev–Trinajstić information content (AvgIpc) is 1.83. The number of hydrogen-bond donors (Lipinski definition) is 1. The zero-order valence-corrected chi connectivity index (χ0v) is 6.51. The van der Waals surface area contributed by atoms with Crippen molar-refractivity contribution in [3.05, 3.63) is 16.2 Å². The van der Waals surface area contributed by atoms with E-state index < -0.39 is 0 Å². The van der Waals surface area contributed by atoms with Crippen molar-refractivity contribution >= 4 is 21.7 Å². The van der Waals surface area contributed by atoms with Crippen LogP contribution in [-0.4, -0.2) is 10.2 Å². The number of aromatic nitrogens is 2. The maximum Gasteiger partial charge on any atom is 0.150 e. The van der Waals surface area contributed by atoms with Crippen LogP contribution in [0.1, 0.15) is 5.56 Å². The van der Waals surface area contributed by atoms with E-state index in [0.29, 0.717) is 5.82 Å². The van der Waals surface area contributed by atoms with Gasteiger partial charge in [0.2, 0.25) is 0 Å². The second-order valence-corrected chi connectivity index (χ2v) is 2.56. The molecule has 0 aliphatic rings. The molecule has 0 aromatic carbocycles. The Balaban J connectivity index is 3.25. The third kappa shape index (κ3) is 1.18. The number of anilines is 1. The number of rotatable bonds is 0. The van der Waals surface area contributed by atoms with Crippen molar-refractivity contribution in [1.29, 1.82) is 0 Å². The van der Waals surface area contributed by atoms with Crippen molar-refractivity contribution in [3.63, 3.8) is 0 Å². The Morgan fingerprint density at radius 2 is 2.33 bits per heavy atom. The molecule has 3 nitrogen and oxygen atoms in total. The van der Waals surface area contributed by atoms with Crippen LogP contribution >= 0.6 is 15.9 Å². The van der Waals surface area contributed by atoms with Gasteiger partial charge in [-0.05, 0) is 22.9 Å². The maximum absolute atomic E-state index is 5.42. The molecule has 0 unspecified atom stereocenters. The van der Waals surface area contributed by atoms with Gasteiger partial charge in [-0.15, -0.1) is 5.10 Å². The van der Waals surface area contributed by atoms with E-state index in [1.807, 2.05) is 6.92 Å². The Bertz CT molecular complexity index is 203. The molecule has 4 heteroatoms. The Morgan fingerprint density at radius 1 is 1.67 bits per heavy atom. The molecule has 0 aliphatic heterocycles. The van der Waals surface area contributed by atoms with E-state index in [9.17, 15) is 0 Å². The van der Waals surface area contributed by atoms with E-state index in [0.717, 1.165) is 10.0 Å². The van der Waals surface area contributed by atoms with Gasteiger partial charge in [-0.3, -0.25) is 0 Å². The molecule has 2 N–H and O–H groups in total. The van der Waals surface area contributed by atoms with Crippen LogP contribution in [-0.2, 0) is 0 Å². The molecule has 1 rings (SSSR count). The van der Waals surface area contributed by atoms with Crippen LogP contribution in [0.15, 0.2) is 10.7 Å². The van der Waals surface area contributed by atoms with Gasteiger partial charge in [0, 0.05) is 10.0 Å². The van der Waals surface area contributed by atoms with E-state index in [4.69, 9.17) is 5.73 Å². The summed E-state index contributed by atoms with van der Waals surface area (Å²) in [5, 5.41) is 7.26. The highest BCUT2D eigenvalue weighted by atomic mass is 79.9. The van der Waals surface area contributed by atoms with Crippen molar-refractivity contribution in [2.45, 2.75) is 6.92 Å². The van der Waals surface area contributed by atoms with E-state index in [1.165, 1.54) is 0 Å². The fraction of sp³-hybridized carbons (Fsp3) is 0.200. The van der Waals surface area contributed by atoms with Crippen LogP contribution in [0, 0.1) is 6.92 Å². The standard InChI is InChI=1S/C5H6BrN3/c1-3-4(6)2-8-9-5(3)7/h2H,1H3,(H2,7,9). The minimum Gasteiger partial charge on any atom is -0.382 e.